The molecule has 1 fully saturated rings. The third kappa shape index (κ3) is 3.26. The number of nitrogens with one attached hydrogen (secondary N) is 1. The Labute approximate surface area is 113 Å². The summed E-state index contributed by atoms with van der Waals surface area (Å²) in [6, 6.07) is 2.25. The summed E-state index contributed by atoms with van der Waals surface area (Å²) in [6.45, 7) is 7.73. The monoisotopic (exact) mass is 266 g/mol. The van der Waals surface area contributed by atoms with E-state index in [1.165, 1.54) is 0 Å². The molecule has 0 spiro atoms. The van der Waals surface area contributed by atoms with Gasteiger partial charge in [0.2, 0.25) is 0 Å². The van der Waals surface area contributed by atoms with Gasteiger partial charge in [0.05, 0.1) is 11.7 Å². The lowest BCUT2D eigenvalue weighted by molar-refractivity contribution is -0.000783. The van der Waals surface area contributed by atoms with Crippen LogP contribution in [0.2, 0.25) is 0 Å². The molecule has 0 aliphatic carbocycles. The van der Waals surface area contributed by atoms with E-state index in [9.17, 15) is 4.79 Å². The molecule has 0 saturated carbocycles. The van der Waals surface area contributed by atoms with Crippen molar-refractivity contribution < 1.29 is 9.53 Å². The smallest absolute Gasteiger partial charge is 0.410 e. The summed E-state index contributed by atoms with van der Waals surface area (Å²) in [5.74, 6) is 0. The Morgan fingerprint density at radius 2 is 2.21 bits per heavy atom. The predicted molar refractivity (Wildman–Crippen MR) is 71.8 cm³/mol. The molecule has 1 amide bonds. The third-order valence-corrected chi connectivity index (χ3v) is 2.97. The van der Waals surface area contributed by atoms with Crippen molar-refractivity contribution in [2.45, 2.75) is 39.0 Å². The van der Waals surface area contributed by atoms with Gasteiger partial charge in [0.25, 0.3) is 0 Å². The van der Waals surface area contributed by atoms with Crippen LogP contribution < -0.4 is 5.32 Å². The Morgan fingerprint density at radius 1 is 1.53 bits per heavy atom. The zero-order chi connectivity index (χ0) is 14.0. The molecule has 0 bridgehead atoms. The quantitative estimate of drug-likeness (QED) is 0.898. The number of nitrogens with zero attached hydrogens (tertiary/aromatic N) is 3. The molecule has 2 rings (SSSR count). The maximum Gasteiger partial charge on any atom is 0.410 e. The van der Waals surface area contributed by atoms with Crippen molar-refractivity contribution >= 4 is 6.09 Å². The van der Waals surface area contributed by atoms with E-state index in [1.807, 2.05) is 38.6 Å². The van der Waals surface area contributed by atoms with Gasteiger partial charge in [-0.1, -0.05) is 0 Å². The molecule has 1 aliphatic heterocycles. The first-order chi connectivity index (χ1) is 8.90. The fourth-order valence-corrected chi connectivity index (χ4v) is 2.08. The number of amides is 1. The van der Waals surface area contributed by atoms with Gasteiger partial charge in [-0.05, 0) is 33.9 Å². The summed E-state index contributed by atoms with van der Waals surface area (Å²) in [6.07, 6.45) is 1.55. The molecule has 1 aromatic heterocycles. The van der Waals surface area contributed by atoms with Crippen molar-refractivity contribution in [1.29, 1.82) is 0 Å². The van der Waals surface area contributed by atoms with Gasteiger partial charge in [-0.3, -0.25) is 4.68 Å². The first-order valence-electron chi connectivity index (χ1n) is 6.55. The molecule has 1 aromatic rings. The van der Waals surface area contributed by atoms with Crippen LogP contribution in [0.3, 0.4) is 0 Å². The molecule has 1 saturated heterocycles. The standard InChI is InChI=1S/C13H22N4O2/c1-13(2,3)19-12(18)16-8-11(9-16)17-10(7-14-4)5-6-15-17/h5-6,11,14H,7-9H2,1-4H3. The van der Waals surface area contributed by atoms with E-state index in [-0.39, 0.29) is 12.1 Å². The lowest BCUT2D eigenvalue weighted by Gasteiger charge is -2.40. The third-order valence-electron chi connectivity index (χ3n) is 2.97. The Morgan fingerprint density at radius 3 is 2.79 bits per heavy atom. The van der Waals surface area contributed by atoms with E-state index < -0.39 is 5.60 Å². The molecule has 0 radical (unpaired) electrons. The van der Waals surface area contributed by atoms with E-state index in [2.05, 4.69) is 10.4 Å². The Balaban J connectivity index is 1.89. The number of ether oxygens (including phenoxy) is 1. The van der Waals surface area contributed by atoms with Crippen LogP contribution in [-0.2, 0) is 11.3 Å². The van der Waals surface area contributed by atoms with Crippen LogP contribution in [0.4, 0.5) is 4.79 Å². The van der Waals surface area contributed by atoms with Crippen LogP contribution in [0.15, 0.2) is 12.3 Å². The van der Waals surface area contributed by atoms with Crippen LogP contribution in [0.1, 0.15) is 32.5 Å². The molecule has 1 N–H and O–H groups in total. The number of aromatic nitrogens is 2. The molecule has 2 heterocycles. The number of rotatable bonds is 3. The molecular weight excluding hydrogens is 244 g/mol. The number of hydrogen-bond donors (Lipinski definition) is 1. The molecule has 0 aromatic carbocycles. The number of likely N-dealkylation sites (tertiary alicyclic amines) is 1. The largest absolute Gasteiger partial charge is 0.444 e. The highest BCUT2D eigenvalue weighted by Gasteiger charge is 2.35. The van der Waals surface area contributed by atoms with Gasteiger partial charge in [0.1, 0.15) is 5.60 Å². The first kappa shape index (κ1) is 13.9. The highest BCUT2D eigenvalue weighted by molar-refractivity contribution is 5.69. The van der Waals surface area contributed by atoms with Crippen LogP contribution in [0.5, 0.6) is 0 Å². The second-order valence-electron chi connectivity index (χ2n) is 5.84. The minimum Gasteiger partial charge on any atom is -0.444 e. The van der Waals surface area contributed by atoms with Gasteiger partial charge in [-0.15, -0.1) is 0 Å². The zero-order valence-electron chi connectivity index (χ0n) is 12.0. The molecule has 6 heteroatoms. The van der Waals surface area contributed by atoms with Gasteiger partial charge in [-0.25, -0.2) is 4.79 Å². The topological polar surface area (TPSA) is 59.4 Å². The van der Waals surface area contributed by atoms with Gasteiger partial charge < -0.3 is 15.0 Å². The molecule has 0 unspecified atom stereocenters. The maximum absolute atomic E-state index is 11.8. The maximum atomic E-state index is 11.8. The van der Waals surface area contributed by atoms with E-state index in [1.54, 1.807) is 11.1 Å². The molecule has 1 aliphatic rings. The highest BCUT2D eigenvalue weighted by atomic mass is 16.6. The molecular formula is C13H22N4O2. The zero-order valence-corrected chi connectivity index (χ0v) is 12.0. The second kappa shape index (κ2) is 5.21. The van der Waals surface area contributed by atoms with Crippen molar-refractivity contribution in [3.63, 3.8) is 0 Å². The van der Waals surface area contributed by atoms with Crippen LogP contribution >= 0.6 is 0 Å². The fourth-order valence-electron chi connectivity index (χ4n) is 2.08. The molecule has 6 nitrogen and oxygen atoms in total. The van der Waals surface area contributed by atoms with E-state index >= 15 is 0 Å². The Kier molecular flexibility index (Phi) is 3.80. The fraction of sp³-hybridized carbons (Fsp3) is 0.692. The average molecular weight is 266 g/mol. The second-order valence-corrected chi connectivity index (χ2v) is 5.84. The highest BCUT2D eigenvalue weighted by Crippen LogP contribution is 2.24. The van der Waals surface area contributed by atoms with Crippen molar-refractivity contribution in [3.05, 3.63) is 18.0 Å². The summed E-state index contributed by atoms with van der Waals surface area (Å²) in [5.41, 5.74) is 0.696. The summed E-state index contributed by atoms with van der Waals surface area (Å²) in [5, 5.41) is 7.44. The summed E-state index contributed by atoms with van der Waals surface area (Å²) < 4.78 is 7.31. The number of carbonyl (C=O) groups excluding carboxylic acids is 1. The van der Waals surface area contributed by atoms with E-state index in [4.69, 9.17) is 4.74 Å². The van der Waals surface area contributed by atoms with E-state index in [0.717, 1.165) is 12.2 Å². The van der Waals surface area contributed by atoms with E-state index in [0.29, 0.717) is 13.1 Å². The van der Waals surface area contributed by atoms with Gasteiger partial charge in [0, 0.05) is 25.8 Å². The van der Waals surface area contributed by atoms with Crippen LogP contribution in [0, 0.1) is 0 Å². The van der Waals surface area contributed by atoms with Gasteiger partial charge in [-0.2, -0.15) is 5.10 Å². The predicted octanol–water partition coefficient (Wildman–Crippen LogP) is 1.39. The minimum atomic E-state index is -0.439. The summed E-state index contributed by atoms with van der Waals surface area (Å²) in [7, 11) is 1.91. The Bertz CT molecular complexity index is 444. The Hall–Kier alpha value is -1.56. The van der Waals surface area contributed by atoms with Crippen molar-refractivity contribution in [2.75, 3.05) is 20.1 Å². The molecule has 0 atom stereocenters. The van der Waals surface area contributed by atoms with Crippen LogP contribution in [-0.4, -0.2) is 46.5 Å². The van der Waals surface area contributed by atoms with Crippen molar-refractivity contribution in [2.24, 2.45) is 0 Å². The lowest BCUT2D eigenvalue weighted by atomic mass is 10.1. The molecule has 106 valence electrons. The van der Waals surface area contributed by atoms with Crippen LogP contribution in [0.25, 0.3) is 0 Å². The van der Waals surface area contributed by atoms with Crippen molar-refractivity contribution in [3.8, 4) is 0 Å². The summed E-state index contributed by atoms with van der Waals surface area (Å²) in [4.78, 5) is 13.5. The van der Waals surface area contributed by atoms with Crippen molar-refractivity contribution in [1.82, 2.24) is 20.0 Å². The summed E-state index contributed by atoms with van der Waals surface area (Å²) >= 11 is 0. The average Bonchev–Trinajstić information content (AvgIpc) is 2.62. The van der Waals surface area contributed by atoms with Gasteiger partial charge in [0.15, 0.2) is 0 Å². The SMILES string of the molecule is CNCc1ccnn1C1CN(C(=O)OC(C)(C)C)C1. The van der Waals surface area contributed by atoms with Gasteiger partial charge >= 0.3 is 6.09 Å². The molecule has 19 heavy (non-hydrogen) atoms. The first-order valence-corrected chi connectivity index (χ1v) is 6.55. The minimum absolute atomic E-state index is 0.244. The number of carbonyl (C=O) groups is 1. The normalized spacial score (nSPS) is 16.3. The lowest BCUT2D eigenvalue weighted by Crippen LogP contribution is -2.52. The number of hydrogen-bond acceptors (Lipinski definition) is 4.